The van der Waals surface area contributed by atoms with Gasteiger partial charge in [-0.15, -0.1) is 0 Å². The minimum Gasteiger partial charge on any atom is -0.481 e. The predicted octanol–water partition coefficient (Wildman–Crippen LogP) is 2.58. The van der Waals surface area contributed by atoms with Crippen molar-refractivity contribution in [1.29, 1.82) is 0 Å². The molecule has 0 bridgehead atoms. The number of carboxylic acid groups (broad SMARTS) is 1. The van der Waals surface area contributed by atoms with E-state index in [2.05, 4.69) is 5.32 Å². The Bertz CT molecular complexity index is 329. The highest BCUT2D eigenvalue weighted by molar-refractivity contribution is 5.84. The average Bonchev–Trinajstić information content (AvgIpc) is 2.22. The molecule has 1 unspecified atom stereocenters. The van der Waals surface area contributed by atoms with E-state index in [0.29, 0.717) is 0 Å². The van der Waals surface area contributed by atoms with Gasteiger partial charge in [-0.1, -0.05) is 13.8 Å². The van der Waals surface area contributed by atoms with Crippen LogP contribution in [0.5, 0.6) is 0 Å². The standard InChI is InChI=1S/C12H20F3NO3/c1-8(2)11(3,10(18)19)7-9(17)16-6-4-5-12(13,14)15/h8H,4-7H2,1-3H3,(H,16,17)(H,18,19). The van der Waals surface area contributed by atoms with Crippen molar-refractivity contribution in [3.8, 4) is 0 Å². The summed E-state index contributed by atoms with van der Waals surface area (Å²) in [5.74, 6) is -1.89. The zero-order chi connectivity index (χ0) is 15.3. The maximum atomic E-state index is 11.9. The first kappa shape index (κ1) is 17.7. The van der Waals surface area contributed by atoms with Crippen LogP contribution in [0.2, 0.25) is 0 Å². The molecule has 0 saturated carbocycles. The number of carbonyl (C=O) groups is 2. The third-order valence-corrected chi connectivity index (χ3v) is 3.25. The van der Waals surface area contributed by atoms with Crippen LogP contribution in [-0.2, 0) is 9.59 Å². The number of rotatable bonds is 7. The van der Waals surface area contributed by atoms with E-state index in [-0.39, 0.29) is 25.3 Å². The third kappa shape index (κ3) is 6.45. The molecule has 19 heavy (non-hydrogen) atoms. The van der Waals surface area contributed by atoms with Crippen LogP contribution in [0, 0.1) is 11.3 Å². The van der Waals surface area contributed by atoms with Crippen molar-refractivity contribution in [3.05, 3.63) is 0 Å². The van der Waals surface area contributed by atoms with E-state index in [0.717, 1.165) is 0 Å². The molecule has 0 spiro atoms. The van der Waals surface area contributed by atoms with E-state index in [9.17, 15) is 22.8 Å². The van der Waals surface area contributed by atoms with Crippen LogP contribution in [0.4, 0.5) is 13.2 Å². The second-order valence-corrected chi connectivity index (χ2v) is 5.12. The fraction of sp³-hybridized carbons (Fsp3) is 0.833. The summed E-state index contributed by atoms with van der Waals surface area (Å²) in [6.07, 6.45) is -5.65. The molecule has 4 nitrogen and oxygen atoms in total. The summed E-state index contributed by atoms with van der Waals surface area (Å²) < 4.78 is 35.6. The Morgan fingerprint density at radius 1 is 1.26 bits per heavy atom. The molecular weight excluding hydrogens is 263 g/mol. The first-order valence-electron chi connectivity index (χ1n) is 6.06. The van der Waals surface area contributed by atoms with E-state index in [4.69, 9.17) is 5.11 Å². The lowest BCUT2D eigenvalue weighted by Gasteiger charge is -2.28. The first-order valence-corrected chi connectivity index (χ1v) is 6.06. The lowest BCUT2D eigenvalue weighted by Crippen LogP contribution is -2.39. The zero-order valence-electron chi connectivity index (χ0n) is 11.3. The molecule has 112 valence electrons. The van der Waals surface area contributed by atoms with Crippen molar-refractivity contribution >= 4 is 11.9 Å². The van der Waals surface area contributed by atoms with Gasteiger partial charge in [0.1, 0.15) is 0 Å². The van der Waals surface area contributed by atoms with Crippen LogP contribution in [0.3, 0.4) is 0 Å². The van der Waals surface area contributed by atoms with Crippen molar-refractivity contribution in [2.75, 3.05) is 6.54 Å². The fourth-order valence-corrected chi connectivity index (χ4v) is 1.44. The van der Waals surface area contributed by atoms with Crippen LogP contribution in [0.15, 0.2) is 0 Å². The SMILES string of the molecule is CC(C)C(C)(CC(=O)NCCCC(F)(F)F)C(=O)O. The average molecular weight is 283 g/mol. The fourth-order valence-electron chi connectivity index (χ4n) is 1.44. The molecule has 1 atom stereocenters. The smallest absolute Gasteiger partial charge is 0.389 e. The van der Waals surface area contributed by atoms with Crippen molar-refractivity contribution in [3.63, 3.8) is 0 Å². The Morgan fingerprint density at radius 2 is 1.79 bits per heavy atom. The number of hydrogen-bond donors (Lipinski definition) is 2. The van der Waals surface area contributed by atoms with Gasteiger partial charge < -0.3 is 10.4 Å². The molecule has 0 fully saturated rings. The number of amides is 1. The summed E-state index contributed by atoms with van der Waals surface area (Å²) in [7, 11) is 0. The van der Waals surface area contributed by atoms with Crippen molar-refractivity contribution in [1.82, 2.24) is 5.32 Å². The number of carboxylic acids is 1. The van der Waals surface area contributed by atoms with Crippen LogP contribution >= 0.6 is 0 Å². The highest BCUT2D eigenvalue weighted by atomic mass is 19.4. The minimum atomic E-state index is -4.24. The van der Waals surface area contributed by atoms with Gasteiger partial charge in [-0.25, -0.2) is 0 Å². The molecule has 0 rings (SSSR count). The number of aliphatic carboxylic acids is 1. The van der Waals surface area contributed by atoms with Gasteiger partial charge in [-0.2, -0.15) is 13.2 Å². The van der Waals surface area contributed by atoms with Crippen LogP contribution in [-0.4, -0.2) is 29.7 Å². The molecule has 7 heteroatoms. The van der Waals surface area contributed by atoms with Gasteiger partial charge in [0.05, 0.1) is 5.41 Å². The third-order valence-electron chi connectivity index (χ3n) is 3.25. The summed E-state index contributed by atoms with van der Waals surface area (Å²) in [6, 6.07) is 0. The predicted molar refractivity (Wildman–Crippen MR) is 63.5 cm³/mol. The highest BCUT2D eigenvalue weighted by Crippen LogP contribution is 2.31. The highest BCUT2D eigenvalue weighted by Gasteiger charge is 2.38. The molecule has 1 amide bonds. The first-order chi connectivity index (χ1) is 8.49. The topological polar surface area (TPSA) is 66.4 Å². The molecule has 2 N–H and O–H groups in total. The molecule has 0 aliphatic carbocycles. The molecule has 0 aromatic carbocycles. The largest absolute Gasteiger partial charge is 0.481 e. The Hall–Kier alpha value is -1.27. The van der Waals surface area contributed by atoms with Gasteiger partial charge in [0, 0.05) is 19.4 Å². The van der Waals surface area contributed by atoms with Crippen LogP contribution in [0.1, 0.15) is 40.0 Å². The second-order valence-electron chi connectivity index (χ2n) is 5.12. The molecule has 0 aliphatic rings. The van der Waals surface area contributed by atoms with Gasteiger partial charge in [0.2, 0.25) is 5.91 Å². The second kappa shape index (κ2) is 6.77. The quantitative estimate of drug-likeness (QED) is 0.706. The number of alkyl halides is 3. The van der Waals surface area contributed by atoms with Gasteiger partial charge >= 0.3 is 12.1 Å². The molecule has 0 aromatic heterocycles. The number of halogens is 3. The maximum Gasteiger partial charge on any atom is 0.389 e. The Kier molecular flexibility index (Phi) is 6.32. The molecule has 0 radical (unpaired) electrons. The van der Waals surface area contributed by atoms with Crippen molar-refractivity contribution in [2.45, 2.75) is 46.2 Å². The van der Waals surface area contributed by atoms with Crippen LogP contribution in [0.25, 0.3) is 0 Å². The molecule has 0 heterocycles. The van der Waals surface area contributed by atoms with Gasteiger partial charge in [-0.3, -0.25) is 9.59 Å². The molecule has 0 aliphatic heterocycles. The van der Waals surface area contributed by atoms with E-state index < -0.39 is 29.9 Å². The molecule has 0 saturated heterocycles. The maximum absolute atomic E-state index is 11.9. The zero-order valence-corrected chi connectivity index (χ0v) is 11.3. The van der Waals surface area contributed by atoms with E-state index >= 15 is 0 Å². The van der Waals surface area contributed by atoms with Gasteiger partial charge in [0.15, 0.2) is 0 Å². The van der Waals surface area contributed by atoms with Crippen molar-refractivity contribution in [2.24, 2.45) is 11.3 Å². The van der Waals surface area contributed by atoms with Gasteiger partial charge in [0.25, 0.3) is 0 Å². The Balaban J connectivity index is 4.20. The molecular formula is C12H20F3NO3. The lowest BCUT2D eigenvalue weighted by atomic mass is 9.76. The van der Waals surface area contributed by atoms with E-state index in [1.54, 1.807) is 13.8 Å². The summed E-state index contributed by atoms with van der Waals surface area (Å²) in [4.78, 5) is 22.7. The van der Waals surface area contributed by atoms with Crippen LogP contribution < -0.4 is 5.32 Å². The summed E-state index contributed by atoms with van der Waals surface area (Å²) in [5, 5.41) is 11.4. The summed E-state index contributed by atoms with van der Waals surface area (Å²) >= 11 is 0. The number of carbonyl (C=O) groups excluding carboxylic acids is 1. The Morgan fingerprint density at radius 3 is 2.16 bits per heavy atom. The number of nitrogens with one attached hydrogen (secondary N) is 1. The lowest BCUT2D eigenvalue weighted by molar-refractivity contribution is -0.153. The van der Waals surface area contributed by atoms with Crippen molar-refractivity contribution < 1.29 is 27.9 Å². The minimum absolute atomic E-state index is 0.105. The number of hydrogen-bond acceptors (Lipinski definition) is 2. The normalized spacial score (nSPS) is 15.1. The summed E-state index contributed by atoms with van der Waals surface area (Å²) in [5.41, 5.74) is -1.21. The van der Waals surface area contributed by atoms with E-state index in [1.165, 1.54) is 6.92 Å². The Labute approximate surface area is 110 Å². The van der Waals surface area contributed by atoms with E-state index in [1.807, 2.05) is 0 Å². The van der Waals surface area contributed by atoms with Gasteiger partial charge in [-0.05, 0) is 19.3 Å². The monoisotopic (exact) mass is 283 g/mol. The molecule has 0 aromatic rings. The summed E-state index contributed by atoms with van der Waals surface area (Å²) in [6.45, 7) is 4.72.